The van der Waals surface area contributed by atoms with Crippen molar-refractivity contribution in [2.75, 3.05) is 18.8 Å². The standard InChI is InChI=1S/C10H10F6N2O2S/c1-18(2)21(19,20)17-8-4-6(9(11,12)13)3-7(5-8)10(14,15)16/h3-5,17H,1-2H3. The van der Waals surface area contributed by atoms with Gasteiger partial charge in [-0.15, -0.1) is 0 Å². The van der Waals surface area contributed by atoms with Crippen LogP contribution in [0, 0.1) is 0 Å². The Hall–Kier alpha value is -1.49. The molecule has 0 atom stereocenters. The fraction of sp³-hybridized carbons (Fsp3) is 0.400. The highest BCUT2D eigenvalue weighted by atomic mass is 32.2. The van der Waals surface area contributed by atoms with Crippen molar-refractivity contribution in [1.29, 1.82) is 0 Å². The highest BCUT2D eigenvalue weighted by molar-refractivity contribution is 7.90. The van der Waals surface area contributed by atoms with Gasteiger partial charge in [0.15, 0.2) is 0 Å². The summed E-state index contributed by atoms with van der Waals surface area (Å²) in [6.07, 6.45) is -10.1. The van der Waals surface area contributed by atoms with Gasteiger partial charge in [-0.3, -0.25) is 4.72 Å². The molecule has 0 aromatic heterocycles. The average Bonchev–Trinajstić information content (AvgIpc) is 2.25. The molecule has 1 aromatic rings. The zero-order valence-electron chi connectivity index (χ0n) is 10.7. The second kappa shape index (κ2) is 5.37. The van der Waals surface area contributed by atoms with Gasteiger partial charge >= 0.3 is 22.6 Å². The third-order valence-electron chi connectivity index (χ3n) is 2.32. The van der Waals surface area contributed by atoms with E-state index < -0.39 is 39.4 Å². The molecule has 0 spiro atoms. The Kier molecular flexibility index (Phi) is 4.49. The molecule has 120 valence electrons. The van der Waals surface area contributed by atoms with Gasteiger partial charge < -0.3 is 0 Å². The molecule has 21 heavy (non-hydrogen) atoms. The Bertz CT molecular complexity index is 589. The van der Waals surface area contributed by atoms with Crippen LogP contribution in [0.1, 0.15) is 11.1 Å². The Morgan fingerprint density at radius 2 is 1.29 bits per heavy atom. The Morgan fingerprint density at radius 3 is 1.57 bits per heavy atom. The summed E-state index contributed by atoms with van der Waals surface area (Å²) >= 11 is 0. The number of halogens is 6. The van der Waals surface area contributed by atoms with Crippen molar-refractivity contribution in [1.82, 2.24) is 4.31 Å². The average molecular weight is 336 g/mol. The summed E-state index contributed by atoms with van der Waals surface area (Å²) in [7, 11) is -2.09. The lowest BCUT2D eigenvalue weighted by atomic mass is 10.1. The summed E-state index contributed by atoms with van der Waals surface area (Å²) in [5.41, 5.74) is -4.03. The fourth-order valence-electron chi connectivity index (χ4n) is 1.25. The first-order valence-corrected chi connectivity index (χ1v) is 6.67. The van der Waals surface area contributed by atoms with Crippen LogP contribution < -0.4 is 4.72 Å². The zero-order valence-corrected chi connectivity index (χ0v) is 11.5. The molecule has 0 saturated heterocycles. The lowest BCUT2D eigenvalue weighted by Crippen LogP contribution is -2.29. The molecule has 0 fully saturated rings. The topological polar surface area (TPSA) is 49.4 Å². The normalized spacial score (nSPS) is 13.6. The summed E-state index contributed by atoms with van der Waals surface area (Å²) in [5.74, 6) is 0. The van der Waals surface area contributed by atoms with Gasteiger partial charge in [0.1, 0.15) is 0 Å². The number of benzene rings is 1. The lowest BCUT2D eigenvalue weighted by Gasteiger charge is -2.17. The van der Waals surface area contributed by atoms with Gasteiger partial charge in [0.25, 0.3) is 0 Å². The smallest absolute Gasteiger partial charge is 0.271 e. The molecule has 1 rings (SSSR count). The summed E-state index contributed by atoms with van der Waals surface area (Å²) in [5, 5.41) is 0. The van der Waals surface area contributed by atoms with Gasteiger partial charge in [-0.2, -0.15) is 39.1 Å². The number of anilines is 1. The van der Waals surface area contributed by atoms with Crippen LogP contribution in [0.15, 0.2) is 18.2 Å². The van der Waals surface area contributed by atoms with E-state index in [-0.39, 0.29) is 18.2 Å². The molecule has 0 radical (unpaired) electrons. The SMILES string of the molecule is CN(C)S(=O)(=O)Nc1cc(C(F)(F)F)cc(C(F)(F)F)c1. The molecule has 1 N–H and O–H groups in total. The molecular formula is C10H10F6N2O2S. The molecule has 0 aliphatic carbocycles. The van der Waals surface area contributed by atoms with Gasteiger partial charge in [-0.1, -0.05) is 0 Å². The third-order valence-corrected chi connectivity index (χ3v) is 3.77. The molecule has 0 amide bonds. The van der Waals surface area contributed by atoms with Crippen molar-refractivity contribution >= 4 is 15.9 Å². The summed E-state index contributed by atoms with van der Waals surface area (Å²) in [6, 6.07) is 0.486. The van der Waals surface area contributed by atoms with Gasteiger partial charge in [-0.05, 0) is 18.2 Å². The molecule has 1 aromatic carbocycles. The molecule has 0 bridgehead atoms. The van der Waals surface area contributed by atoms with Crippen LogP contribution >= 0.6 is 0 Å². The van der Waals surface area contributed by atoms with Crippen molar-refractivity contribution in [3.05, 3.63) is 29.3 Å². The predicted octanol–water partition coefficient (Wildman–Crippen LogP) is 2.94. The van der Waals surface area contributed by atoms with E-state index in [1.165, 1.54) is 0 Å². The third kappa shape index (κ3) is 4.49. The monoisotopic (exact) mass is 336 g/mol. The maximum atomic E-state index is 12.6. The second-order valence-electron chi connectivity index (χ2n) is 4.18. The van der Waals surface area contributed by atoms with E-state index in [1.54, 1.807) is 4.72 Å². The second-order valence-corrected chi connectivity index (χ2v) is 6.07. The van der Waals surface area contributed by atoms with Crippen LogP contribution in [0.4, 0.5) is 32.0 Å². The van der Waals surface area contributed by atoms with Crippen LogP contribution in [-0.2, 0) is 22.6 Å². The first-order chi connectivity index (χ1) is 9.23. The Labute approximate surface area is 116 Å². The number of nitrogens with zero attached hydrogens (tertiary/aromatic N) is 1. The molecule has 0 unspecified atom stereocenters. The highest BCUT2D eigenvalue weighted by Gasteiger charge is 2.37. The molecule has 0 saturated carbocycles. The van der Waals surface area contributed by atoms with Crippen molar-refractivity contribution < 1.29 is 34.8 Å². The van der Waals surface area contributed by atoms with Crippen molar-refractivity contribution in [3.63, 3.8) is 0 Å². The van der Waals surface area contributed by atoms with Gasteiger partial charge in [0.05, 0.1) is 16.8 Å². The number of hydrogen-bond acceptors (Lipinski definition) is 2. The lowest BCUT2D eigenvalue weighted by molar-refractivity contribution is -0.143. The molecule has 11 heteroatoms. The van der Waals surface area contributed by atoms with Crippen molar-refractivity contribution in [2.45, 2.75) is 12.4 Å². The maximum absolute atomic E-state index is 12.6. The number of nitrogens with one attached hydrogen (secondary N) is 1. The first kappa shape index (κ1) is 17.6. The summed E-state index contributed by atoms with van der Waals surface area (Å²) in [6.45, 7) is 0. The van der Waals surface area contributed by atoms with E-state index >= 15 is 0 Å². The predicted molar refractivity (Wildman–Crippen MR) is 62.7 cm³/mol. The van der Waals surface area contributed by atoms with Crippen LogP contribution in [0.2, 0.25) is 0 Å². The van der Waals surface area contributed by atoms with E-state index in [2.05, 4.69) is 0 Å². The Morgan fingerprint density at radius 1 is 0.905 bits per heavy atom. The largest absolute Gasteiger partial charge is 0.416 e. The fourth-order valence-corrected chi connectivity index (χ4v) is 1.85. The summed E-state index contributed by atoms with van der Waals surface area (Å²) in [4.78, 5) is 0. The van der Waals surface area contributed by atoms with E-state index in [1.807, 2.05) is 0 Å². The van der Waals surface area contributed by atoms with Crippen LogP contribution in [0.5, 0.6) is 0 Å². The van der Waals surface area contributed by atoms with Crippen molar-refractivity contribution in [3.8, 4) is 0 Å². The quantitative estimate of drug-likeness (QED) is 0.863. The minimum atomic E-state index is -5.04. The van der Waals surface area contributed by atoms with E-state index in [4.69, 9.17) is 0 Å². The van der Waals surface area contributed by atoms with Crippen LogP contribution in [0.25, 0.3) is 0 Å². The molecule has 0 aliphatic heterocycles. The molecule has 0 heterocycles. The highest BCUT2D eigenvalue weighted by Crippen LogP contribution is 2.37. The number of hydrogen-bond donors (Lipinski definition) is 1. The van der Waals surface area contributed by atoms with Crippen molar-refractivity contribution in [2.24, 2.45) is 0 Å². The van der Waals surface area contributed by atoms with Gasteiger partial charge in [-0.25, -0.2) is 0 Å². The van der Waals surface area contributed by atoms with E-state index in [9.17, 15) is 34.8 Å². The first-order valence-electron chi connectivity index (χ1n) is 5.23. The molecule has 4 nitrogen and oxygen atoms in total. The number of alkyl halides is 6. The zero-order chi connectivity index (χ0) is 16.6. The van der Waals surface area contributed by atoms with E-state index in [0.29, 0.717) is 4.31 Å². The minimum Gasteiger partial charge on any atom is -0.271 e. The van der Waals surface area contributed by atoms with Crippen LogP contribution in [-0.4, -0.2) is 26.8 Å². The number of rotatable bonds is 3. The minimum absolute atomic E-state index is 0.0898. The Balaban J connectivity index is 3.40. The maximum Gasteiger partial charge on any atom is 0.416 e. The molecular weight excluding hydrogens is 326 g/mol. The van der Waals surface area contributed by atoms with Gasteiger partial charge in [0.2, 0.25) is 0 Å². The summed E-state index contributed by atoms with van der Waals surface area (Å²) < 4.78 is 101. The van der Waals surface area contributed by atoms with E-state index in [0.717, 1.165) is 14.1 Å². The molecule has 0 aliphatic rings. The van der Waals surface area contributed by atoms with Crippen LogP contribution in [0.3, 0.4) is 0 Å². The van der Waals surface area contributed by atoms with Gasteiger partial charge in [0, 0.05) is 14.1 Å².